The number of nitrogens with one attached hydrogen (secondary N) is 1. The number of hydrogen-bond donors (Lipinski definition) is 1. The molecule has 0 aliphatic carbocycles. The smallest absolute Gasteiger partial charge is 0.251 e. The van der Waals surface area contributed by atoms with E-state index in [9.17, 15) is 22.0 Å². The molecule has 0 radical (unpaired) electrons. The van der Waals surface area contributed by atoms with E-state index in [2.05, 4.69) is 5.32 Å². The molecule has 1 aliphatic rings. The van der Waals surface area contributed by atoms with Crippen molar-refractivity contribution in [3.05, 3.63) is 65.7 Å². The average molecular weight is 380 g/mol. The molecule has 1 fully saturated rings. The van der Waals surface area contributed by atoms with Crippen molar-refractivity contribution in [3.63, 3.8) is 0 Å². The molecule has 1 amide bonds. The normalized spacial score (nSPS) is 16.4. The second-order valence-corrected chi connectivity index (χ2v) is 8.06. The minimum absolute atomic E-state index is 0.154. The maximum atomic E-state index is 13.3. The fourth-order valence-electron chi connectivity index (χ4n) is 2.93. The first kappa shape index (κ1) is 18.5. The maximum Gasteiger partial charge on any atom is 0.251 e. The molecule has 8 heteroatoms. The van der Waals surface area contributed by atoms with Crippen LogP contribution in [0.1, 0.15) is 23.2 Å². The maximum absolute atomic E-state index is 13.3. The van der Waals surface area contributed by atoms with E-state index in [1.165, 1.54) is 4.31 Å². The van der Waals surface area contributed by atoms with E-state index >= 15 is 0 Å². The van der Waals surface area contributed by atoms with Gasteiger partial charge in [-0.2, -0.15) is 4.31 Å². The summed E-state index contributed by atoms with van der Waals surface area (Å²) in [6.45, 7) is 0.334. The Kier molecular flexibility index (Phi) is 5.33. The van der Waals surface area contributed by atoms with Crippen molar-refractivity contribution in [2.45, 2.75) is 23.8 Å². The first-order chi connectivity index (χ1) is 12.4. The summed E-state index contributed by atoms with van der Waals surface area (Å²) in [6, 6.07) is 10.8. The van der Waals surface area contributed by atoms with E-state index in [1.807, 2.05) is 6.07 Å². The monoisotopic (exact) mass is 380 g/mol. The third-order valence-corrected chi connectivity index (χ3v) is 6.18. The predicted molar refractivity (Wildman–Crippen MR) is 92.0 cm³/mol. The fraction of sp³-hybridized carbons (Fsp3) is 0.278. The van der Waals surface area contributed by atoms with Crippen LogP contribution in [0.25, 0.3) is 0 Å². The first-order valence-electron chi connectivity index (χ1n) is 8.18. The molecule has 1 heterocycles. The molecule has 0 aromatic heterocycles. The summed E-state index contributed by atoms with van der Waals surface area (Å²) in [4.78, 5) is 11.8. The summed E-state index contributed by atoms with van der Waals surface area (Å²) in [5, 5.41) is 2.88. The topological polar surface area (TPSA) is 66.5 Å². The number of sulfonamides is 1. The number of carbonyl (C=O) groups is 1. The molecule has 0 bridgehead atoms. The van der Waals surface area contributed by atoms with Crippen LogP contribution in [0.3, 0.4) is 0 Å². The highest BCUT2D eigenvalue weighted by atomic mass is 32.2. The SMILES string of the molecule is O=C(NC1CCN(S(=O)(=O)c2cc(F)cc(F)c2)CC1)c1ccccc1. The molecule has 0 saturated carbocycles. The largest absolute Gasteiger partial charge is 0.349 e. The van der Waals surface area contributed by atoms with E-state index in [0.29, 0.717) is 24.5 Å². The molecule has 26 heavy (non-hydrogen) atoms. The third-order valence-electron chi connectivity index (χ3n) is 4.30. The zero-order chi connectivity index (χ0) is 18.7. The van der Waals surface area contributed by atoms with Crippen molar-refractivity contribution in [1.29, 1.82) is 0 Å². The number of carbonyl (C=O) groups excluding carboxylic acids is 1. The Bertz CT molecular complexity index is 876. The van der Waals surface area contributed by atoms with Gasteiger partial charge in [-0.1, -0.05) is 18.2 Å². The van der Waals surface area contributed by atoms with Gasteiger partial charge < -0.3 is 5.32 Å². The highest BCUT2D eigenvalue weighted by Gasteiger charge is 2.30. The number of hydrogen-bond acceptors (Lipinski definition) is 3. The Balaban J connectivity index is 1.63. The van der Waals surface area contributed by atoms with Gasteiger partial charge in [-0.15, -0.1) is 0 Å². The minimum Gasteiger partial charge on any atom is -0.349 e. The lowest BCUT2D eigenvalue weighted by molar-refractivity contribution is 0.0924. The van der Waals surface area contributed by atoms with Crippen LogP contribution in [-0.4, -0.2) is 37.8 Å². The number of amides is 1. The van der Waals surface area contributed by atoms with Crippen LogP contribution in [0.2, 0.25) is 0 Å². The minimum atomic E-state index is -3.97. The van der Waals surface area contributed by atoms with E-state index in [0.717, 1.165) is 12.1 Å². The molecule has 2 aromatic carbocycles. The summed E-state index contributed by atoms with van der Waals surface area (Å²) >= 11 is 0. The number of benzene rings is 2. The molecule has 1 aliphatic heterocycles. The van der Waals surface area contributed by atoms with E-state index in [1.54, 1.807) is 24.3 Å². The van der Waals surface area contributed by atoms with Crippen LogP contribution >= 0.6 is 0 Å². The van der Waals surface area contributed by atoms with Gasteiger partial charge >= 0.3 is 0 Å². The lowest BCUT2D eigenvalue weighted by atomic mass is 10.1. The molecule has 0 unspecified atom stereocenters. The van der Waals surface area contributed by atoms with Gasteiger partial charge in [-0.25, -0.2) is 17.2 Å². The quantitative estimate of drug-likeness (QED) is 0.887. The molecular formula is C18H18F2N2O3S. The standard InChI is InChI=1S/C18H18F2N2O3S/c19-14-10-15(20)12-17(11-14)26(24,25)22-8-6-16(7-9-22)21-18(23)13-4-2-1-3-5-13/h1-5,10-12,16H,6-9H2,(H,21,23). The highest BCUT2D eigenvalue weighted by Crippen LogP contribution is 2.22. The van der Waals surface area contributed by atoms with Gasteiger partial charge in [0.1, 0.15) is 11.6 Å². The zero-order valence-electron chi connectivity index (χ0n) is 13.9. The molecule has 2 aromatic rings. The predicted octanol–water partition coefficient (Wildman–Crippen LogP) is 2.55. The summed E-state index contributed by atoms with van der Waals surface area (Å²) < 4.78 is 52.9. The van der Waals surface area contributed by atoms with Crippen molar-refractivity contribution in [3.8, 4) is 0 Å². The van der Waals surface area contributed by atoms with Crippen LogP contribution < -0.4 is 5.32 Å². The highest BCUT2D eigenvalue weighted by molar-refractivity contribution is 7.89. The number of rotatable bonds is 4. The van der Waals surface area contributed by atoms with Gasteiger partial charge in [-0.3, -0.25) is 4.79 Å². The Labute approximate surface area is 150 Å². The zero-order valence-corrected chi connectivity index (χ0v) is 14.7. The molecule has 0 atom stereocenters. The van der Waals surface area contributed by atoms with Crippen LogP contribution in [0.4, 0.5) is 8.78 Å². The molecule has 3 rings (SSSR count). The third kappa shape index (κ3) is 4.08. The first-order valence-corrected chi connectivity index (χ1v) is 9.62. The van der Waals surface area contributed by atoms with Crippen molar-refractivity contribution >= 4 is 15.9 Å². The van der Waals surface area contributed by atoms with E-state index in [4.69, 9.17) is 0 Å². The Hall–Kier alpha value is -2.32. The molecule has 1 N–H and O–H groups in total. The summed E-state index contributed by atoms with van der Waals surface area (Å²) in [5.41, 5.74) is 0.540. The summed E-state index contributed by atoms with van der Waals surface area (Å²) in [7, 11) is -3.97. The van der Waals surface area contributed by atoms with Crippen molar-refractivity contribution in [2.24, 2.45) is 0 Å². The van der Waals surface area contributed by atoms with Gasteiger partial charge in [0.05, 0.1) is 4.90 Å². The summed E-state index contributed by atoms with van der Waals surface area (Å²) in [6.07, 6.45) is 0.852. The van der Waals surface area contributed by atoms with Crippen LogP contribution in [0.15, 0.2) is 53.4 Å². The lowest BCUT2D eigenvalue weighted by Crippen LogP contribution is -2.46. The van der Waals surface area contributed by atoms with E-state index in [-0.39, 0.29) is 25.0 Å². The second kappa shape index (κ2) is 7.51. The lowest BCUT2D eigenvalue weighted by Gasteiger charge is -2.31. The van der Waals surface area contributed by atoms with Gasteiger partial charge in [0.25, 0.3) is 5.91 Å². The molecule has 0 spiro atoms. The van der Waals surface area contributed by atoms with Gasteiger partial charge in [0.15, 0.2) is 0 Å². The molecular weight excluding hydrogens is 362 g/mol. The number of piperidine rings is 1. The van der Waals surface area contributed by atoms with Crippen molar-refractivity contribution in [1.82, 2.24) is 9.62 Å². The Morgan fingerprint density at radius 3 is 2.15 bits per heavy atom. The van der Waals surface area contributed by atoms with Crippen LogP contribution in [-0.2, 0) is 10.0 Å². The molecule has 1 saturated heterocycles. The van der Waals surface area contributed by atoms with Gasteiger partial charge in [0.2, 0.25) is 10.0 Å². The summed E-state index contributed by atoms with van der Waals surface area (Å²) in [5.74, 6) is -2.08. The van der Waals surface area contributed by atoms with Crippen molar-refractivity contribution < 1.29 is 22.0 Å². The Morgan fingerprint density at radius 2 is 1.58 bits per heavy atom. The average Bonchev–Trinajstić information content (AvgIpc) is 2.62. The molecule has 5 nitrogen and oxygen atoms in total. The van der Waals surface area contributed by atoms with Crippen LogP contribution in [0.5, 0.6) is 0 Å². The van der Waals surface area contributed by atoms with Crippen molar-refractivity contribution in [2.75, 3.05) is 13.1 Å². The van der Waals surface area contributed by atoms with Gasteiger partial charge in [-0.05, 0) is 37.1 Å². The molecule has 138 valence electrons. The Morgan fingerprint density at radius 1 is 1.00 bits per heavy atom. The number of halogens is 2. The fourth-order valence-corrected chi connectivity index (χ4v) is 4.44. The number of nitrogens with zero attached hydrogens (tertiary/aromatic N) is 1. The second-order valence-electron chi connectivity index (χ2n) is 6.12. The van der Waals surface area contributed by atoms with Gasteiger partial charge in [0, 0.05) is 30.8 Å². The van der Waals surface area contributed by atoms with Crippen LogP contribution in [0, 0.1) is 11.6 Å². The van der Waals surface area contributed by atoms with E-state index < -0.39 is 26.6 Å².